The van der Waals surface area contributed by atoms with Crippen molar-refractivity contribution in [3.05, 3.63) is 34.5 Å². The SMILES string of the molecule is Cc1c(C(=O)NC(C)C(C)CO)sc2cccc(F)c12. The number of thiophene rings is 1. The van der Waals surface area contributed by atoms with Gasteiger partial charge in [-0.25, -0.2) is 4.39 Å². The quantitative estimate of drug-likeness (QED) is 0.910. The number of hydrogen-bond donors (Lipinski definition) is 2. The highest BCUT2D eigenvalue weighted by Gasteiger charge is 2.20. The van der Waals surface area contributed by atoms with E-state index in [0.29, 0.717) is 15.8 Å². The van der Waals surface area contributed by atoms with E-state index in [1.165, 1.54) is 17.4 Å². The molecule has 1 aromatic carbocycles. The van der Waals surface area contributed by atoms with Gasteiger partial charge in [-0.05, 0) is 37.5 Å². The van der Waals surface area contributed by atoms with Crippen LogP contribution in [0.4, 0.5) is 4.39 Å². The summed E-state index contributed by atoms with van der Waals surface area (Å²) in [6, 6.07) is 4.72. The Hall–Kier alpha value is -1.46. The molecule has 2 aromatic rings. The van der Waals surface area contributed by atoms with E-state index in [-0.39, 0.29) is 30.3 Å². The number of benzene rings is 1. The van der Waals surface area contributed by atoms with Crippen molar-refractivity contribution in [2.45, 2.75) is 26.8 Å². The summed E-state index contributed by atoms with van der Waals surface area (Å²) in [4.78, 5) is 12.8. The summed E-state index contributed by atoms with van der Waals surface area (Å²) >= 11 is 1.29. The molecule has 0 radical (unpaired) electrons. The fourth-order valence-corrected chi connectivity index (χ4v) is 3.17. The minimum atomic E-state index is -0.299. The molecule has 0 aliphatic carbocycles. The van der Waals surface area contributed by atoms with Gasteiger partial charge in [0, 0.05) is 22.7 Å². The number of amides is 1. The number of fused-ring (bicyclic) bond motifs is 1. The highest BCUT2D eigenvalue weighted by atomic mass is 32.1. The molecule has 108 valence electrons. The first-order chi connectivity index (χ1) is 9.45. The minimum absolute atomic E-state index is 0.0154. The molecule has 0 aliphatic rings. The molecule has 0 bridgehead atoms. The average Bonchev–Trinajstić information content (AvgIpc) is 2.76. The Balaban J connectivity index is 2.32. The summed E-state index contributed by atoms with van der Waals surface area (Å²) in [5.74, 6) is -0.534. The maximum absolute atomic E-state index is 13.8. The third-order valence-electron chi connectivity index (χ3n) is 3.61. The summed E-state index contributed by atoms with van der Waals surface area (Å²) in [6.45, 7) is 5.49. The van der Waals surface area contributed by atoms with Crippen LogP contribution in [0.1, 0.15) is 29.1 Å². The van der Waals surface area contributed by atoms with Crippen molar-refractivity contribution >= 4 is 27.3 Å². The second-order valence-electron chi connectivity index (χ2n) is 5.09. The van der Waals surface area contributed by atoms with Crippen molar-refractivity contribution in [3.63, 3.8) is 0 Å². The Bertz CT molecular complexity index is 638. The number of carbonyl (C=O) groups excluding carboxylic acids is 1. The monoisotopic (exact) mass is 295 g/mol. The lowest BCUT2D eigenvalue weighted by atomic mass is 10.0. The van der Waals surface area contributed by atoms with Crippen LogP contribution in [0, 0.1) is 18.7 Å². The molecule has 2 unspecified atom stereocenters. The molecule has 0 saturated heterocycles. The van der Waals surface area contributed by atoms with Crippen LogP contribution >= 0.6 is 11.3 Å². The van der Waals surface area contributed by atoms with Crippen LogP contribution in [0.25, 0.3) is 10.1 Å². The predicted molar refractivity (Wildman–Crippen MR) is 79.7 cm³/mol. The van der Waals surface area contributed by atoms with Gasteiger partial charge >= 0.3 is 0 Å². The van der Waals surface area contributed by atoms with Gasteiger partial charge in [-0.1, -0.05) is 13.0 Å². The van der Waals surface area contributed by atoms with E-state index in [9.17, 15) is 9.18 Å². The maximum Gasteiger partial charge on any atom is 0.261 e. The lowest BCUT2D eigenvalue weighted by molar-refractivity contribution is 0.0920. The van der Waals surface area contributed by atoms with Crippen molar-refractivity contribution in [2.24, 2.45) is 5.92 Å². The molecule has 5 heteroatoms. The van der Waals surface area contributed by atoms with Crippen LogP contribution in [0.15, 0.2) is 18.2 Å². The molecule has 2 atom stereocenters. The van der Waals surface area contributed by atoms with Gasteiger partial charge in [-0.3, -0.25) is 4.79 Å². The third kappa shape index (κ3) is 2.69. The molecule has 0 aliphatic heterocycles. The molecular weight excluding hydrogens is 277 g/mol. The number of nitrogens with one attached hydrogen (secondary N) is 1. The van der Waals surface area contributed by atoms with E-state index in [4.69, 9.17) is 5.11 Å². The van der Waals surface area contributed by atoms with Gasteiger partial charge in [0.25, 0.3) is 5.91 Å². The standard InChI is InChI=1S/C15H18FNO2S/c1-8(7-18)10(3)17-15(19)14-9(2)13-11(16)5-4-6-12(13)20-14/h4-6,8,10,18H,7H2,1-3H3,(H,17,19). The van der Waals surface area contributed by atoms with E-state index in [1.54, 1.807) is 13.0 Å². The first-order valence-electron chi connectivity index (χ1n) is 6.55. The zero-order valence-corrected chi connectivity index (χ0v) is 12.6. The molecule has 0 fully saturated rings. The van der Waals surface area contributed by atoms with E-state index in [2.05, 4.69) is 5.32 Å². The molecule has 0 spiro atoms. The zero-order chi connectivity index (χ0) is 14.9. The Kier molecular flexibility index (Phi) is 4.40. The minimum Gasteiger partial charge on any atom is -0.396 e. The fourth-order valence-electron chi connectivity index (χ4n) is 2.04. The van der Waals surface area contributed by atoms with E-state index < -0.39 is 0 Å². The largest absolute Gasteiger partial charge is 0.396 e. The fraction of sp³-hybridized carbons (Fsp3) is 0.400. The summed E-state index contributed by atoms with van der Waals surface area (Å²) in [6.07, 6.45) is 0. The summed E-state index contributed by atoms with van der Waals surface area (Å²) in [5, 5.41) is 12.5. The maximum atomic E-state index is 13.8. The molecular formula is C15H18FNO2S. The topological polar surface area (TPSA) is 49.3 Å². The van der Waals surface area contributed by atoms with Gasteiger partial charge in [0.15, 0.2) is 0 Å². The van der Waals surface area contributed by atoms with Crippen LogP contribution < -0.4 is 5.32 Å². The number of rotatable bonds is 4. The molecule has 1 aromatic heterocycles. The Morgan fingerprint density at radius 3 is 2.75 bits per heavy atom. The Morgan fingerprint density at radius 1 is 1.45 bits per heavy atom. The van der Waals surface area contributed by atoms with Crippen molar-refractivity contribution in [1.29, 1.82) is 0 Å². The number of aliphatic hydroxyl groups is 1. The average molecular weight is 295 g/mol. The third-order valence-corrected chi connectivity index (χ3v) is 4.87. The molecule has 1 amide bonds. The van der Waals surface area contributed by atoms with Gasteiger partial charge in [0.1, 0.15) is 5.82 Å². The van der Waals surface area contributed by atoms with Crippen LogP contribution in [-0.2, 0) is 0 Å². The smallest absolute Gasteiger partial charge is 0.261 e. The van der Waals surface area contributed by atoms with Crippen molar-refractivity contribution in [2.75, 3.05) is 6.61 Å². The van der Waals surface area contributed by atoms with Gasteiger partial charge < -0.3 is 10.4 Å². The summed E-state index contributed by atoms with van der Waals surface area (Å²) in [5.41, 5.74) is 0.671. The number of hydrogen-bond acceptors (Lipinski definition) is 3. The van der Waals surface area contributed by atoms with Crippen LogP contribution in [0.2, 0.25) is 0 Å². The normalized spacial score (nSPS) is 14.2. The van der Waals surface area contributed by atoms with Crippen molar-refractivity contribution < 1.29 is 14.3 Å². The second-order valence-corrected chi connectivity index (χ2v) is 6.14. The highest BCUT2D eigenvalue weighted by Crippen LogP contribution is 2.32. The molecule has 2 N–H and O–H groups in total. The number of aliphatic hydroxyl groups excluding tert-OH is 1. The summed E-state index contributed by atoms with van der Waals surface area (Å²) < 4.78 is 14.6. The Labute approximate surface area is 121 Å². The lowest BCUT2D eigenvalue weighted by Gasteiger charge is -2.18. The predicted octanol–water partition coefficient (Wildman–Crippen LogP) is 3.10. The number of carbonyl (C=O) groups is 1. The van der Waals surface area contributed by atoms with Crippen molar-refractivity contribution in [3.8, 4) is 0 Å². The van der Waals surface area contributed by atoms with E-state index in [0.717, 1.165) is 4.70 Å². The zero-order valence-electron chi connectivity index (χ0n) is 11.7. The molecule has 0 saturated carbocycles. The van der Waals surface area contributed by atoms with Crippen LogP contribution in [-0.4, -0.2) is 23.7 Å². The van der Waals surface area contributed by atoms with Gasteiger partial charge in [-0.15, -0.1) is 11.3 Å². The number of halogens is 1. The van der Waals surface area contributed by atoms with Crippen LogP contribution in [0.5, 0.6) is 0 Å². The van der Waals surface area contributed by atoms with E-state index >= 15 is 0 Å². The van der Waals surface area contributed by atoms with E-state index in [1.807, 2.05) is 19.9 Å². The first-order valence-corrected chi connectivity index (χ1v) is 7.36. The molecule has 2 rings (SSSR count). The van der Waals surface area contributed by atoms with Crippen LogP contribution in [0.3, 0.4) is 0 Å². The highest BCUT2D eigenvalue weighted by molar-refractivity contribution is 7.21. The number of aryl methyl sites for hydroxylation is 1. The summed E-state index contributed by atoms with van der Waals surface area (Å²) in [7, 11) is 0. The Morgan fingerprint density at radius 2 is 2.15 bits per heavy atom. The molecule has 1 heterocycles. The first kappa shape index (κ1) is 14.9. The second kappa shape index (κ2) is 5.89. The lowest BCUT2D eigenvalue weighted by Crippen LogP contribution is -2.38. The van der Waals surface area contributed by atoms with Gasteiger partial charge in [0.05, 0.1) is 4.88 Å². The molecule has 20 heavy (non-hydrogen) atoms. The van der Waals surface area contributed by atoms with Gasteiger partial charge in [-0.2, -0.15) is 0 Å². The molecule has 3 nitrogen and oxygen atoms in total. The van der Waals surface area contributed by atoms with Gasteiger partial charge in [0.2, 0.25) is 0 Å². The van der Waals surface area contributed by atoms with Crippen molar-refractivity contribution in [1.82, 2.24) is 5.32 Å².